The van der Waals surface area contributed by atoms with Crippen LogP contribution in [0, 0.1) is 6.92 Å². The van der Waals surface area contributed by atoms with E-state index in [0.29, 0.717) is 47.6 Å². The van der Waals surface area contributed by atoms with E-state index in [0.717, 1.165) is 11.1 Å². The molecule has 1 fully saturated rings. The Morgan fingerprint density at radius 2 is 1.85 bits per heavy atom. The van der Waals surface area contributed by atoms with E-state index in [1.54, 1.807) is 41.3 Å². The molecule has 5 nitrogen and oxygen atoms in total. The molecule has 1 aliphatic rings. The SMILES string of the molecule is Cc1c(NC(=O)Cc2ccc(Cl)c(Cl)c2)cccc1C(=O)N1CCOCC1. The normalized spacial score (nSPS) is 14.1. The zero-order valence-corrected chi connectivity index (χ0v) is 16.4. The first-order valence-corrected chi connectivity index (χ1v) is 9.41. The van der Waals surface area contributed by atoms with Gasteiger partial charge in [-0.2, -0.15) is 0 Å². The van der Waals surface area contributed by atoms with Crippen LogP contribution < -0.4 is 5.32 Å². The zero-order valence-electron chi connectivity index (χ0n) is 14.9. The van der Waals surface area contributed by atoms with Crippen LogP contribution in [0.5, 0.6) is 0 Å². The Labute approximate surface area is 168 Å². The second kappa shape index (κ2) is 8.74. The second-order valence-electron chi connectivity index (χ2n) is 6.36. The van der Waals surface area contributed by atoms with Crippen LogP contribution in [0.3, 0.4) is 0 Å². The van der Waals surface area contributed by atoms with E-state index in [2.05, 4.69) is 5.32 Å². The van der Waals surface area contributed by atoms with Gasteiger partial charge in [0.05, 0.1) is 29.7 Å². The number of hydrogen-bond acceptors (Lipinski definition) is 3. The van der Waals surface area contributed by atoms with Gasteiger partial charge in [-0.1, -0.05) is 35.3 Å². The molecule has 1 saturated heterocycles. The number of hydrogen-bond donors (Lipinski definition) is 1. The molecular formula is C20H20Cl2N2O3. The largest absolute Gasteiger partial charge is 0.378 e. The van der Waals surface area contributed by atoms with Crippen LogP contribution in [-0.2, 0) is 16.0 Å². The Morgan fingerprint density at radius 3 is 2.56 bits per heavy atom. The highest BCUT2D eigenvalue weighted by molar-refractivity contribution is 6.42. The maximum atomic E-state index is 12.7. The van der Waals surface area contributed by atoms with Crippen molar-refractivity contribution in [1.82, 2.24) is 4.90 Å². The van der Waals surface area contributed by atoms with Gasteiger partial charge in [-0.3, -0.25) is 9.59 Å². The van der Waals surface area contributed by atoms with Crippen molar-refractivity contribution in [3.8, 4) is 0 Å². The third-order valence-electron chi connectivity index (χ3n) is 4.49. The molecule has 1 heterocycles. The fraction of sp³-hybridized carbons (Fsp3) is 0.300. The number of carbonyl (C=O) groups excluding carboxylic acids is 2. The number of morpholine rings is 1. The Balaban J connectivity index is 1.72. The fourth-order valence-corrected chi connectivity index (χ4v) is 3.29. The summed E-state index contributed by atoms with van der Waals surface area (Å²) in [5, 5.41) is 3.74. The van der Waals surface area contributed by atoms with Gasteiger partial charge in [-0.05, 0) is 42.3 Å². The number of nitrogens with zero attached hydrogens (tertiary/aromatic N) is 1. The molecule has 27 heavy (non-hydrogen) atoms. The number of rotatable bonds is 4. The lowest BCUT2D eigenvalue weighted by Crippen LogP contribution is -2.41. The summed E-state index contributed by atoms with van der Waals surface area (Å²) >= 11 is 11.9. The molecule has 0 aliphatic carbocycles. The summed E-state index contributed by atoms with van der Waals surface area (Å²) < 4.78 is 5.30. The summed E-state index contributed by atoms with van der Waals surface area (Å²) in [7, 11) is 0. The van der Waals surface area contributed by atoms with Crippen LogP contribution in [-0.4, -0.2) is 43.0 Å². The fourth-order valence-electron chi connectivity index (χ4n) is 2.97. The van der Waals surface area contributed by atoms with Crippen LogP contribution in [0.1, 0.15) is 21.5 Å². The molecule has 0 atom stereocenters. The number of nitrogens with one attached hydrogen (secondary N) is 1. The molecule has 0 spiro atoms. The molecule has 2 aromatic carbocycles. The van der Waals surface area contributed by atoms with Gasteiger partial charge in [0, 0.05) is 24.3 Å². The standard InChI is InChI=1S/C20H20Cl2N2O3/c1-13-15(20(26)24-7-9-27-10-8-24)3-2-4-18(13)23-19(25)12-14-5-6-16(21)17(22)11-14/h2-6,11H,7-10,12H2,1H3,(H,23,25). The second-order valence-corrected chi connectivity index (χ2v) is 7.17. The molecule has 2 aromatic rings. The lowest BCUT2D eigenvalue weighted by Gasteiger charge is -2.27. The van der Waals surface area contributed by atoms with E-state index in [1.165, 1.54) is 0 Å². The molecule has 0 radical (unpaired) electrons. The van der Waals surface area contributed by atoms with Gasteiger partial charge in [-0.15, -0.1) is 0 Å². The first kappa shape index (κ1) is 19.7. The molecule has 7 heteroatoms. The van der Waals surface area contributed by atoms with Crippen molar-refractivity contribution in [2.24, 2.45) is 0 Å². The third-order valence-corrected chi connectivity index (χ3v) is 5.22. The molecular weight excluding hydrogens is 387 g/mol. The van der Waals surface area contributed by atoms with Crippen molar-refractivity contribution in [3.63, 3.8) is 0 Å². The average molecular weight is 407 g/mol. The van der Waals surface area contributed by atoms with Crippen LogP contribution in [0.2, 0.25) is 10.0 Å². The predicted octanol–water partition coefficient (Wildman–Crippen LogP) is 3.96. The molecule has 3 rings (SSSR count). The lowest BCUT2D eigenvalue weighted by molar-refractivity contribution is -0.115. The van der Waals surface area contributed by atoms with Crippen LogP contribution >= 0.6 is 23.2 Å². The molecule has 0 bridgehead atoms. The molecule has 0 saturated carbocycles. The molecule has 0 unspecified atom stereocenters. The van der Waals surface area contributed by atoms with E-state index >= 15 is 0 Å². The first-order valence-electron chi connectivity index (χ1n) is 8.66. The van der Waals surface area contributed by atoms with E-state index in [1.807, 2.05) is 6.92 Å². The molecule has 142 valence electrons. The van der Waals surface area contributed by atoms with E-state index in [4.69, 9.17) is 27.9 Å². The summed E-state index contributed by atoms with van der Waals surface area (Å²) in [5.41, 5.74) is 2.72. The number of halogens is 2. The smallest absolute Gasteiger partial charge is 0.254 e. The van der Waals surface area contributed by atoms with Crippen LogP contribution in [0.25, 0.3) is 0 Å². The summed E-state index contributed by atoms with van der Waals surface area (Å²) in [6.07, 6.45) is 0.165. The van der Waals surface area contributed by atoms with Crippen molar-refractivity contribution < 1.29 is 14.3 Å². The number of amides is 2. The number of ether oxygens (including phenoxy) is 1. The minimum Gasteiger partial charge on any atom is -0.378 e. The van der Waals surface area contributed by atoms with Gasteiger partial charge < -0.3 is 15.0 Å². The van der Waals surface area contributed by atoms with Gasteiger partial charge in [0.2, 0.25) is 5.91 Å². The van der Waals surface area contributed by atoms with Gasteiger partial charge >= 0.3 is 0 Å². The minimum absolute atomic E-state index is 0.0450. The summed E-state index contributed by atoms with van der Waals surface area (Å²) in [4.78, 5) is 26.9. The third kappa shape index (κ3) is 4.80. The average Bonchev–Trinajstić information content (AvgIpc) is 2.66. The van der Waals surface area contributed by atoms with Crippen molar-refractivity contribution in [3.05, 3.63) is 63.1 Å². The minimum atomic E-state index is -0.188. The van der Waals surface area contributed by atoms with Crippen molar-refractivity contribution in [2.75, 3.05) is 31.6 Å². The molecule has 1 N–H and O–H groups in total. The number of anilines is 1. The number of benzene rings is 2. The van der Waals surface area contributed by atoms with Gasteiger partial charge in [0.25, 0.3) is 5.91 Å². The van der Waals surface area contributed by atoms with Gasteiger partial charge in [0.1, 0.15) is 0 Å². The summed E-state index contributed by atoms with van der Waals surface area (Å²) in [6.45, 7) is 4.08. The Kier molecular flexibility index (Phi) is 6.37. The van der Waals surface area contributed by atoms with E-state index in [9.17, 15) is 9.59 Å². The van der Waals surface area contributed by atoms with Crippen LogP contribution in [0.15, 0.2) is 36.4 Å². The highest BCUT2D eigenvalue weighted by Gasteiger charge is 2.21. The monoisotopic (exact) mass is 406 g/mol. The van der Waals surface area contributed by atoms with Crippen molar-refractivity contribution >= 4 is 40.7 Å². The molecule has 0 aromatic heterocycles. The van der Waals surface area contributed by atoms with Crippen molar-refractivity contribution in [2.45, 2.75) is 13.3 Å². The summed E-state index contributed by atoms with van der Waals surface area (Å²) in [5.74, 6) is -0.233. The van der Waals surface area contributed by atoms with E-state index < -0.39 is 0 Å². The lowest BCUT2D eigenvalue weighted by atomic mass is 10.0. The van der Waals surface area contributed by atoms with Crippen molar-refractivity contribution in [1.29, 1.82) is 0 Å². The maximum Gasteiger partial charge on any atom is 0.254 e. The molecule has 1 aliphatic heterocycles. The highest BCUT2D eigenvalue weighted by Crippen LogP contribution is 2.24. The maximum absolute atomic E-state index is 12.7. The zero-order chi connectivity index (χ0) is 19.4. The Bertz CT molecular complexity index is 864. The van der Waals surface area contributed by atoms with Gasteiger partial charge in [0.15, 0.2) is 0 Å². The van der Waals surface area contributed by atoms with Crippen LogP contribution in [0.4, 0.5) is 5.69 Å². The predicted molar refractivity (Wildman–Crippen MR) is 107 cm³/mol. The number of carbonyl (C=O) groups is 2. The quantitative estimate of drug-likeness (QED) is 0.835. The topological polar surface area (TPSA) is 58.6 Å². The first-order chi connectivity index (χ1) is 13.0. The summed E-state index contributed by atoms with van der Waals surface area (Å²) in [6, 6.07) is 10.4. The Hall–Kier alpha value is -2.08. The van der Waals surface area contributed by atoms with Gasteiger partial charge in [-0.25, -0.2) is 0 Å². The van der Waals surface area contributed by atoms with E-state index in [-0.39, 0.29) is 18.2 Å². The Morgan fingerprint density at radius 1 is 1.11 bits per heavy atom. The molecule has 2 amide bonds. The highest BCUT2D eigenvalue weighted by atomic mass is 35.5.